The number of carbonyl (C=O) groups is 3. The maximum Gasteiger partial charge on any atom is 0.323 e. The fourth-order valence-electron chi connectivity index (χ4n) is 2.73. The summed E-state index contributed by atoms with van der Waals surface area (Å²) in [5.41, 5.74) is 0. The smallest absolute Gasteiger partial charge is 0.323 e. The van der Waals surface area contributed by atoms with Gasteiger partial charge in [-0.2, -0.15) is 4.72 Å². The Morgan fingerprint density at radius 3 is 2.25 bits per heavy atom. The normalized spacial score (nSPS) is 16.4. The first-order valence-corrected chi connectivity index (χ1v) is 10.2. The van der Waals surface area contributed by atoms with Crippen LogP contribution in [0.2, 0.25) is 0 Å². The SMILES string of the molecule is CC(=O)N1CCN(CC(=O)NCC(NS(=O)(=O)c2ccccc2)C(=O)O)CC1. The Kier molecular flexibility index (Phi) is 7.49. The molecule has 1 aliphatic heterocycles. The van der Waals surface area contributed by atoms with Gasteiger partial charge in [0, 0.05) is 39.6 Å². The second-order valence-corrected chi connectivity index (χ2v) is 8.13. The van der Waals surface area contributed by atoms with Crippen LogP contribution in [0, 0.1) is 0 Å². The second-order valence-electron chi connectivity index (χ2n) is 6.41. The van der Waals surface area contributed by atoms with Crippen LogP contribution in [-0.2, 0) is 24.4 Å². The number of hydrogen-bond donors (Lipinski definition) is 3. The molecular weight excluding hydrogens is 388 g/mol. The Labute approximate surface area is 163 Å². The van der Waals surface area contributed by atoms with Gasteiger partial charge in [0.2, 0.25) is 21.8 Å². The first-order chi connectivity index (χ1) is 13.2. The Balaban J connectivity index is 1.85. The van der Waals surface area contributed by atoms with Gasteiger partial charge >= 0.3 is 5.97 Å². The predicted molar refractivity (Wildman–Crippen MR) is 99.9 cm³/mol. The van der Waals surface area contributed by atoms with Crippen LogP contribution < -0.4 is 10.0 Å². The molecule has 1 aliphatic rings. The number of nitrogens with one attached hydrogen (secondary N) is 2. The van der Waals surface area contributed by atoms with E-state index in [1.165, 1.54) is 31.2 Å². The molecule has 154 valence electrons. The molecule has 0 bridgehead atoms. The third-order valence-electron chi connectivity index (χ3n) is 4.34. The number of carbonyl (C=O) groups excluding carboxylic acids is 2. The number of carboxylic acids is 1. The average molecular weight is 412 g/mol. The van der Waals surface area contributed by atoms with E-state index in [0.29, 0.717) is 26.2 Å². The van der Waals surface area contributed by atoms with E-state index < -0.39 is 27.9 Å². The van der Waals surface area contributed by atoms with E-state index in [-0.39, 0.29) is 23.9 Å². The van der Waals surface area contributed by atoms with Crippen LogP contribution in [0.4, 0.5) is 0 Å². The van der Waals surface area contributed by atoms with Crippen LogP contribution in [0.3, 0.4) is 0 Å². The van der Waals surface area contributed by atoms with Gasteiger partial charge in [0.1, 0.15) is 6.04 Å². The highest BCUT2D eigenvalue weighted by atomic mass is 32.2. The summed E-state index contributed by atoms with van der Waals surface area (Å²) in [5.74, 6) is -1.82. The summed E-state index contributed by atoms with van der Waals surface area (Å²) in [4.78, 5) is 38.2. The van der Waals surface area contributed by atoms with Crippen molar-refractivity contribution in [2.75, 3.05) is 39.3 Å². The maximum atomic E-state index is 12.3. The molecule has 28 heavy (non-hydrogen) atoms. The molecule has 0 aliphatic carbocycles. The lowest BCUT2D eigenvalue weighted by molar-refractivity contribution is -0.139. The minimum Gasteiger partial charge on any atom is -0.480 e. The van der Waals surface area contributed by atoms with Gasteiger partial charge in [-0.25, -0.2) is 8.42 Å². The zero-order valence-corrected chi connectivity index (χ0v) is 16.3. The summed E-state index contributed by atoms with van der Waals surface area (Å²) in [7, 11) is -4.02. The van der Waals surface area contributed by atoms with E-state index in [2.05, 4.69) is 10.0 Å². The van der Waals surface area contributed by atoms with Crippen molar-refractivity contribution in [1.82, 2.24) is 19.8 Å². The van der Waals surface area contributed by atoms with Gasteiger partial charge in [-0.1, -0.05) is 18.2 Å². The molecule has 1 atom stereocenters. The van der Waals surface area contributed by atoms with E-state index in [1.54, 1.807) is 11.0 Å². The Hall–Kier alpha value is -2.50. The number of amides is 2. The minimum atomic E-state index is -4.02. The van der Waals surface area contributed by atoms with E-state index in [4.69, 9.17) is 0 Å². The largest absolute Gasteiger partial charge is 0.480 e. The average Bonchev–Trinajstić information content (AvgIpc) is 2.66. The van der Waals surface area contributed by atoms with Gasteiger partial charge < -0.3 is 15.3 Å². The molecule has 1 aromatic carbocycles. The Morgan fingerprint density at radius 1 is 1.11 bits per heavy atom. The summed E-state index contributed by atoms with van der Waals surface area (Å²) in [6, 6.07) is 5.89. The molecule has 1 heterocycles. The van der Waals surface area contributed by atoms with Crippen LogP contribution in [0.5, 0.6) is 0 Å². The van der Waals surface area contributed by atoms with Gasteiger partial charge in [-0.05, 0) is 12.1 Å². The summed E-state index contributed by atoms with van der Waals surface area (Å²) in [6.45, 7) is 3.28. The van der Waals surface area contributed by atoms with Crippen molar-refractivity contribution in [1.29, 1.82) is 0 Å². The lowest BCUT2D eigenvalue weighted by Crippen LogP contribution is -2.52. The fourth-order valence-corrected chi connectivity index (χ4v) is 3.94. The maximum absolute atomic E-state index is 12.3. The molecule has 0 radical (unpaired) electrons. The van der Waals surface area contributed by atoms with Crippen molar-refractivity contribution < 1.29 is 27.9 Å². The lowest BCUT2D eigenvalue weighted by atomic mass is 10.3. The number of aliphatic carboxylic acids is 1. The molecule has 3 N–H and O–H groups in total. The quantitative estimate of drug-likeness (QED) is 0.483. The molecule has 1 saturated heterocycles. The number of benzene rings is 1. The molecule has 2 rings (SSSR count). The number of hydrogen-bond acceptors (Lipinski definition) is 6. The van der Waals surface area contributed by atoms with Crippen molar-refractivity contribution in [3.63, 3.8) is 0 Å². The van der Waals surface area contributed by atoms with Crippen molar-refractivity contribution in [3.8, 4) is 0 Å². The highest BCUT2D eigenvalue weighted by molar-refractivity contribution is 7.89. The number of rotatable bonds is 8. The highest BCUT2D eigenvalue weighted by Crippen LogP contribution is 2.08. The second kappa shape index (κ2) is 9.62. The molecule has 1 unspecified atom stereocenters. The summed E-state index contributed by atoms with van der Waals surface area (Å²) in [5, 5.41) is 11.7. The van der Waals surface area contributed by atoms with E-state index in [9.17, 15) is 27.9 Å². The molecule has 11 heteroatoms. The minimum absolute atomic E-state index is 0.0147. The molecular formula is C17H24N4O6S. The Morgan fingerprint density at radius 2 is 1.71 bits per heavy atom. The summed E-state index contributed by atoms with van der Waals surface area (Å²) in [6.07, 6.45) is 0. The summed E-state index contributed by atoms with van der Waals surface area (Å²) >= 11 is 0. The van der Waals surface area contributed by atoms with Crippen molar-refractivity contribution in [2.24, 2.45) is 0 Å². The first-order valence-electron chi connectivity index (χ1n) is 8.74. The number of carboxylic acid groups (broad SMARTS) is 1. The summed E-state index contributed by atoms with van der Waals surface area (Å²) < 4.78 is 26.6. The number of nitrogens with zero attached hydrogens (tertiary/aromatic N) is 2. The van der Waals surface area contributed by atoms with Crippen LogP contribution in [0.25, 0.3) is 0 Å². The standard InChI is InChI=1S/C17H24N4O6S/c1-13(22)21-9-7-20(8-10-21)12-16(23)18-11-15(17(24)25)19-28(26,27)14-5-3-2-4-6-14/h2-6,15,19H,7-12H2,1H3,(H,18,23)(H,24,25). The third-order valence-corrected chi connectivity index (χ3v) is 5.82. The molecule has 0 spiro atoms. The van der Waals surface area contributed by atoms with E-state index >= 15 is 0 Å². The molecule has 10 nitrogen and oxygen atoms in total. The van der Waals surface area contributed by atoms with Crippen molar-refractivity contribution in [2.45, 2.75) is 17.9 Å². The van der Waals surface area contributed by atoms with Gasteiger partial charge in [-0.15, -0.1) is 0 Å². The number of piperazine rings is 1. The molecule has 1 aromatic rings. The lowest BCUT2D eigenvalue weighted by Gasteiger charge is -2.33. The van der Waals surface area contributed by atoms with Crippen LogP contribution in [0.15, 0.2) is 35.2 Å². The topological polar surface area (TPSA) is 136 Å². The van der Waals surface area contributed by atoms with Crippen molar-refractivity contribution >= 4 is 27.8 Å². The predicted octanol–water partition coefficient (Wildman–Crippen LogP) is -1.30. The van der Waals surface area contributed by atoms with Crippen molar-refractivity contribution in [3.05, 3.63) is 30.3 Å². The monoisotopic (exact) mass is 412 g/mol. The van der Waals surface area contributed by atoms with Gasteiger partial charge in [0.25, 0.3) is 0 Å². The van der Waals surface area contributed by atoms with Crippen LogP contribution in [0.1, 0.15) is 6.92 Å². The zero-order chi connectivity index (χ0) is 20.7. The highest BCUT2D eigenvalue weighted by Gasteiger charge is 2.26. The van der Waals surface area contributed by atoms with Gasteiger partial charge in [0.15, 0.2) is 0 Å². The van der Waals surface area contributed by atoms with Gasteiger partial charge in [0.05, 0.1) is 11.4 Å². The van der Waals surface area contributed by atoms with E-state index in [1.807, 2.05) is 4.90 Å². The Bertz CT molecular complexity index is 806. The molecule has 0 aromatic heterocycles. The third kappa shape index (κ3) is 6.29. The van der Waals surface area contributed by atoms with Crippen LogP contribution >= 0.6 is 0 Å². The first kappa shape index (κ1) is 21.8. The fraction of sp³-hybridized carbons (Fsp3) is 0.471. The van der Waals surface area contributed by atoms with Crippen LogP contribution in [-0.4, -0.2) is 86.4 Å². The molecule has 0 saturated carbocycles. The van der Waals surface area contributed by atoms with E-state index in [0.717, 1.165) is 0 Å². The zero-order valence-electron chi connectivity index (χ0n) is 15.5. The molecule has 2 amide bonds. The number of sulfonamides is 1. The molecule has 1 fully saturated rings. The van der Waals surface area contributed by atoms with Gasteiger partial charge in [-0.3, -0.25) is 19.3 Å².